The minimum atomic E-state index is -0.543. The quantitative estimate of drug-likeness (QED) is 0.793. The van der Waals surface area contributed by atoms with Gasteiger partial charge < -0.3 is 15.6 Å². The number of nitrogens with zero attached hydrogens (tertiary/aromatic N) is 1. The zero-order chi connectivity index (χ0) is 13.9. The average molecular weight is 280 g/mol. The summed E-state index contributed by atoms with van der Waals surface area (Å²) in [6, 6.07) is 7.46. The predicted octanol–water partition coefficient (Wildman–Crippen LogP) is 1.16. The summed E-state index contributed by atoms with van der Waals surface area (Å²) in [5, 5.41) is 9.86. The summed E-state index contributed by atoms with van der Waals surface area (Å²) in [5.41, 5.74) is 5.83. The summed E-state index contributed by atoms with van der Waals surface area (Å²) in [6.07, 6.45) is 0.829. The summed E-state index contributed by atoms with van der Waals surface area (Å²) in [6.45, 7) is 4.96. The highest BCUT2D eigenvalue weighted by Crippen LogP contribution is 2.19. The second kappa shape index (κ2) is 5.86. The first-order valence-corrected chi connectivity index (χ1v) is 6.84. The highest BCUT2D eigenvalue weighted by Gasteiger charge is 2.30. The topological polar surface area (TPSA) is 58.7 Å². The van der Waals surface area contributed by atoms with Crippen LogP contribution in [0, 0.1) is 0 Å². The van der Waals surface area contributed by atoms with Crippen molar-refractivity contribution in [2.24, 2.45) is 5.73 Å². The molecule has 1 aliphatic rings. The fraction of sp³-hybridized carbons (Fsp3) is 0.500. The summed E-state index contributed by atoms with van der Waals surface area (Å²) in [4.78, 5) is 2.61. The molecule has 104 valence electrons. The maximum absolute atomic E-state index is 9.86. The molecule has 1 aromatic carbocycles. The first kappa shape index (κ1) is 14.2. The first-order valence-electron chi connectivity index (χ1n) is 6.44. The lowest BCUT2D eigenvalue weighted by atomic mass is 10.1. The highest BCUT2D eigenvalue weighted by molar-refractivity contribution is 7.80. The van der Waals surface area contributed by atoms with Crippen LogP contribution in [-0.4, -0.2) is 46.8 Å². The molecular formula is C14H20N2O2S. The van der Waals surface area contributed by atoms with Gasteiger partial charge in [-0.15, -0.1) is 0 Å². The van der Waals surface area contributed by atoms with Crippen LogP contribution in [0.3, 0.4) is 0 Å². The Kier molecular flexibility index (Phi) is 4.39. The van der Waals surface area contributed by atoms with Gasteiger partial charge in [-0.1, -0.05) is 12.2 Å². The van der Waals surface area contributed by atoms with Crippen molar-refractivity contribution in [1.29, 1.82) is 0 Å². The Morgan fingerprint density at radius 1 is 1.47 bits per heavy atom. The van der Waals surface area contributed by atoms with Crippen molar-refractivity contribution in [3.8, 4) is 5.75 Å². The average Bonchev–Trinajstić information content (AvgIpc) is 2.69. The molecule has 1 heterocycles. The van der Waals surface area contributed by atoms with E-state index in [1.807, 2.05) is 31.2 Å². The van der Waals surface area contributed by atoms with E-state index in [1.54, 1.807) is 0 Å². The van der Waals surface area contributed by atoms with Crippen molar-refractivity contribution in [3.63, 3.8) is 0 Å². The molecular weight excluding hydrogens is 260 g/mol. The number of hydrogen-bond donors (Lipinski definition) is 2. The SMILES string of the molecule is CC1(O)CCN(CCOc2ccc(C(N)=S)cc2)C1. The number of rotatable bonds is 5. The molecule has 3 N–H and O–H groups in total. The van der Waals surface area contributed by atoms with Gasteiger partial charge in [0.05, 0.1) is 5.60 Å². The van der Waals surface area contributed by atoms with Crippen molar-refractivity contribution in [1.82, 2.24) is 4.90 Å². The Bertz CT molecular complexity index is 445. The van der Waals surface area contributed by atoms with E-state index in [4.69, 9.17) is 22.7 Å². The van der Waals surface area contributed by atoms with Gasteiger partial charge in [-0.2, -0.15) is 0 Å². The Morgan fingerprint density at radius 2 is 2.16 bits per heavy atom. The monoisotopic (exact) mass is 280 g/mol. The lowest BCUT2D eigenvalue weighted by Gasteiger charge is -2.18. The number of benzene rings is 1. The molecule has 1 saturated heterocycles. The molecule has 0 saturated carbocycles. The van der Waals surface area contributed by atoms with Crippen molar-refractivity contribution < 1.29 is 9.84 Å². The van der Waals surface area contributed by atoms with Crippen LogP contribution in [0.5, 0.6) is 5.75 Å². The van der Waals surface area contributed by atoms with Gasteiger partial charge in [0, 0.05) is 25.2 Å². The third kappa shape index (κ3) is 4.16. The number of likely N-dealkylation sites (tertiary alicyclic amines) is 1. The molecule has 0 aliphatic carbocycles. The fourth-order valence-corrected chi connectivity index (χ4v) is 2.37. The molecule has 1 aromatic rings. The molecule has 1 aliphatic heterocycles. The maximum atomic E-state index is 9.86. The van der Waals surface area contributed by atoms with Crippen LogP contribution >= 0.6 is 12.2 Å². The van der Waals surface area contributed by atoms with E-state index in [1.165, 1.54) is 0 Å². The van der Waals surface area contributed by atoms with Crippen LogP contribution in [0.1, 0.15) is 18.9 Å². The normalized spacial score (nSPS) is 23.5. The van der Waals surface area contributed by atoms with E-state index >= 15 is 0 Å². The van der Waals surface area contributed by atoms with E-state index < -0.39 is 5.60 Å². The van der Waals surface area contributed by atoms with Crippen LogP contribution in [0.25, 0.3) is 0 Å². The van der Waals surface area contributed by atoms with Gasteiger partial charge in [-0.25, -0.2) is 0 Å². The van der Waals surface area contributed by atoms with Gasteiger partial charge in [0.2, 0.25) is 0 Å². The molecule has 0 radical (unpaired) electrons. The number of β-amino-alcohol motifs (C(OH)–C–C–N with tert-alkyl or cyclic N) is 1. The summed E-state index contributed by atoms with van der Waals surface area (Å²) < 4.78 is 5.66. The predicted molar refractivity (Wildman–Crippen MR) is 79.5 cm³/mol. The van der Waals surface area contributed by atoms with Gasteiger partial charge in [0.1, 0.15) is 17.3 Å². The van der Waals surface area contributed by atoms with Gasteiger partial charge in [0.15, 0.2) is 0 Å². The molecule has 19 heavy (non-hydrogen) atoms. The second-order valence-electron chi connectivity index (χ2n) is 5.26. The number of ether oxygens (including phenoxy) is 1. The van der Waals surface area contributed by atoms with Crippen molar-refractivity contribution in [2.45, 2.75) is 18.9 Å². The fourth-order valence-electron chi connectivity index (χ4n) is 2.24. The van der Waals surface area contributed by atoms with E-state index in [9.17, 15) is 5.11 Å². The molecule has 1 unspecified atom stereocenters. The minimum Gasteiger partial charge on any atom is -0.492 e. The van der Waals surface area contributed by atoms with E-state index in [0.29, 0.717) is 11.6 Å². The van der Waals surface area contributed by atoms with Crippen molar-refractivity contribution in [2.75, 3.05) is 26.2 Å². The van der Waals surface area contributed by atoms with Crippen LogP contribution in [0.4, 0.5) is 0 Å². The maximum Gasteiger partial charge on any atom is 0.119 e. The molecule has 1 atom stereocenters. The third-order valence-electron chi connectivity index (χ3n) is 3.35. The van der Waals surface area contributed by atoms with Crippen LogP contribution in [0.2, 0.25) is 0 Å². The Labute approximate surface area is 119 Å². The summed E-state index contributed by atoms with van der Waals surface area (Å²) in [7, 11) is 0. The number of hydrogen-bond acceptors (Lipinski definition) is 4. The lowest BCUT2D eigenvalue weighted by molar-refractivity contribution is 0.0670. The smallest absolute Gasteiger partial charge is 0.119 e. The van der Waals surface area contributed by atoms with Crippen molar-refractivity contribution in [3.05, 3.63) is 29.8 Å². The largest absolute Gasteiger partial charge is 0.492 e. The van der Waals surface area contributed by atoms with Crippen molar-refractivity contribution >= 4 is 17.2 Å². The zero-order valence-corrected chi connectivity index (χ0v) is 11.9. The zero-order valence-electron chi connectivity index (χ0n) is 11.1. The van der Waals surface area contributed by atoms with Gasteiger partial charge in [-0.05, 0) is 37.6 Å². The Hall–Kier alpha value is -1.17. The summed E-state index contributed by atoms with van der Waals surface area (Å²) >= 11 is 4.89. The lowest BCUT2D eigenvalue weighted by Crippen LogP contribution is -2.32. The molecule has 0 amide bonds. The highest BCUT2D eigenvalue weighted by atomic mass is 32.1. The second-order valence-corrected chi connectivity index (χ2v) is 5.70. The van der Waals surface area contributed by atoms with E-state index in [-0.39, 0.29) is 0 Å². The van der Waals surface area contributed by atoms with Gasteiger partial charge >= 0.3 is 0 Å². The number of nitrogens with two attached hydrogens (primary N) is 1. The molecule has 1 fully saturated rings. The van der Waals surface area contributed by atoms with Crippen LogP contribution < -0.4 is 10.5 Å². The third-order valence-corrected chi connectivity index (χ3v) is 3.58. The number of aliphatic hydroxyl groups is 1. The minimum absolute atomic E-state index is 0.394. The molecule has 5 heteroatoms. The number of thiocarbonyl (C=S) groups is 1. The van der Waals surface area contributed by atoms with E-state index in [2.05, 4.69) is 4.90 Å². The van der Waals surface area contributed by atoms with Gasteiger partial charge in [-0.3, -0.25) is 4.90 Å². The Balaban J connectivity index is 1.75. The molecule has 0 bridgehead atoms. The molecule has 0 spiro atoms. The van der Waals surface area contributed by atoms with E-state index in [0.717, 1.165) is 37.4 Å². The van der Waals surface area contributed by atoms with Crippen LogP contribution in [-0.2, 0) is 0 Å². The molecule has 2 rings (SSSR count). The first-order chi connectivity index (χ1) is 8.96. The standard InChI is InChI=1S/C14H20N2O2S/c1-14(17)6-7-16(10-14)8-9-18-12-4-2-11(3-5-12)13(15)19/h2-5,17H,6-10H2,1H3,(H2,15,19). The Morgan fingerprint density at radius 3 is 2.68 bits per heavy atom. The van der Waals surface area contributed by atoms with Crippen LogP contribution in [0.15, 0.2) is 24.3 Å². The summed E-state index contributed by atoms with van der Waals surface area (Å²) in [5.74, 6) is 0.811. The molecule has 4 nitrogen and oxygen atoms in total. The van der Waals surface area contributed by atoms with Gasteiger partial charge in [0.25, 0.3) is 0 Å². The molecule has 0 aromatic heterocycles.